The molecule has 3 atom stereocenters. The molecule has 1 aliphatic heterocycles. The zero-order valence-corrected chi connectivity index (χ0v) is 15.3. The molecule has 8 heteroatoms. The average Bonchev–Trinajstić information content (AvgIpc) is 2.44. The predicted octanol–water partition coefficient (Wildman–Crippen LogP) is 3.66. The van der Waals surface area contributed by atoms with Crippen molar-refractivity contribution in [2.24, 2.45) is 5.92 Å². The Hall–Kier alpha value is -1.80. The van der Waals surface area contributed by atoms with Gasteiger partial charge in [0.1, 0.15) is 5.75 Å². The molecule has 1 amide bonds. The number of nitrogens with one attached hydrogen (secondary N) is 1. The normalized spacial score (nSPS) is 22.9. The molecule has 5 nitrogen and oxygen atoms in total. The maximum absolute atomic E-state index is 12.8. The van der Waals surface area contributed by atoms with Gasteiger partial charge >= 0.3 is 6.36 Å². The number of anilines is 1. The van der Waals surface area contributed by atoms with Crippen molar-refractivity contribution in [3.05, 3.63) is 24.3 Å². The van der Waals surface area contributed by atoms with E-state index in [4.69, 9.17) is 4.74 Å². The number of hydrogen-bond donors (Lipinski definition) is 1. The van der Waals surface area contributed by atoms with E-state index in [9.17, 15) is 18.0 Å². The zero-order chi connectivity index (χ0) is 19.5. The monoisotopic (exact) mass is 374 g/mol. The van der Waals surface area contributed by atoms with Crippen LogP contribution < -0.4 is 10.1 Å². The summed E-state index contributed by atoms with van der Waals surface area (Å²) in [7, 11) is 0. The maximum atomic E-state index is 12.8. The molecule has 1 saturated heterocycles. The highest BCUT2D eigenvalue weighted by Crippen LogP contribution is 2.26. The van der Waals surface area contributed by atoms with Crippen LogP contribution in [0, 0.1) is 5.92 Å². The fourth-order valence-electron chi connectivity index (χ4n) is 3.32. The van der Waals surface area contributed by atoms with E-state index in [2.05, 4.69) is 15.0 Å². The fourth-order valence-corrected chi connectivity index (χ4v) is 3.32. The Morgan fingerprint density at radius 2 is 1.88 bits per heavy atom. The van der Waals surface area contributed by atoms with E-state index in [0.717, 1.165) is 6.07 Å². The SMILES string of the molecule is CC1CN(C(C(=O)Nc2cccc(OC(F)(F)F)c2)C(C)C)CC(C)O1. The highest BCUT2D eigenvalue weighted by Gasteiger charge is 2.34. The highest BCUT2D eigenvalue weighted by molar-refractivity contribution is 5.95. The molecule has 0 aliphatic carbocycles. The van der Waals surface area contributed by atoms with Crippen LogP contribution in [0.25, 0.3) is 0 Å². The van der Waals surface area contributed by atoms with Crippen LogP contribution in [-0.4, -0.2) is 48.5 Å². The smallest absolute Gasteiger partial charge is 0.406 e. The topological polar surface area (TPSA) is 50.8 Å². The Kier molecular flexibility index (Phi) is 6.52. The molecule has 0 saturated carbocycles. The molecular formula is C18H25F3N2O3. The predicted molar refractivity (Wildman–Crippen MR) is 92.0 cm³/mol. The van der Waals surface area contributed by atoms with E-state index in [-0.39, 0.29) is 35.5 Å². The minimum atomic E-state index is -4.77. The lowest BCUT2D eigenvalue weighted by Gasteiger charge is -2.41. The third kappa shape index (κ3) is 5.88. The van der Waals surface area contributed by atoms with Gasteiger partial charge in [-0.15, -0.1) is 13.2 Å². The van der Waals surface area contributed by atoms with Gasteiger partial charge in [-0.2, -0.15) is 0 Å². The molecule has 146 valence electrons. The molecule has 1 aromatic carbocycles. The fraction of sp³-hybridized carbons (Fsp3) is 0.611. The molecule has 0 aromatic heterocycles. The lowest BCUT2D eigenvalue weighted by Crippen LogP contribution is -2.55. The first-order valence-electron chi connectivity index (χ1n) is 8.61. The summed E-state index contributed by atoms with van der Waals surface area (Å²) in [4.78, 5) is 14.9. The molecular weight excluding hydrogens is 349 g/mol. The van der Waals surface area contributed by atoms with Crippen LogP contribution in [0.15, 0.2) is 24.3 Å². The maximum Gasteiger partial charge on any atom is 0.573 e. The summed E-state index contributed by atoms with van der Waals surface area (Å²) in [6.07, 6.45) is -4.75. The number of halogens is 3. The van der Waals surface area contributed by atoms with Gasteiger partial charge in [0, 0.05) is 24.8 Å². The van der Waals surface area contributed by atoms with Crippen molar-refractivity contribution >= 4 is 11.6 Å². The van der Waals surface area contributed by atoms with Gasteiger partial charge in [-0.1, -0.05) is 19.9 Å². The van der Waals surface area contributed by atoms with Crippen molar-refractivity contribution in [2.75, 3.05) is 18.4 Å². The number of benzene rings is 1. The first-order valence-corrected chi connectivity index (χ1v) is 8.61. The summed E-state index contributed by atoms with van der Waals surface area (Å²) < 4.78 is 46.7. The van der Waals surface area contributed by atoms with E-state index >= 15 is 0 Å². The van der Waals surface area contributed by atoms with Gasteiger partial charge in [0.05, 0.1) is 18.2 Å². The van der Waals surface area contributed by atoms with Crippen LogP contribution in [-0.2, 0) is 9.53 Å². The Morgan fingerprint density at radius 3 is 2.42 bits per heavy atom. The number of morpholine rings is 1. The summed E-state index contributed by atoms with van der Waals surface area (Å²) in [5, 5.41) is 2.71. The van der Waals surface area contributed by atoms with Gasteiger partial charge in [-0.25, -0.2) is 0 Å². The van der Waals surface area contributed by atoms with Crippen LogP contribution >= 0.6 is 0 Å². The lowest BCUT2D eigenvalue weighted by atomic mass is 9.99. The standard InChI is InChI=1S/C18H25F3N2O3/c1-11(2)16(23-9-12(3)25-13(4)10-23)17(24)22-14-6-5-7-15(8-14)26-18(19,20)21/h5-8,11-13,16H,9-10H2,1-4H3,(H,22,24). The van der Waals surface area contributed by atoms with E-state index < -0.39 is 12.4 Å². The number of ether oxygens (including phenoxy) is 2. The molecule has 0 bridgehead atoms. The van der Waals surface area contributed by atoms with Crippen LogP contribution in [0.1, 0.15) is 27.7 Å². The Labute approximate surface area is 151 Å². The van der Waals surface area contributed by atoms with Crippen LogP contribution in [0.4, 0.5) is 18.9 Å². The van der Waals surface area contributed by atoms with Gasteiger partial charge < -0.3 is 14.8 Å². The van der Waals surface area contributed by atoms with Gasteiger partial charge in [-0.3, -0.25) is 9.69 Å². The van der Waals surface area contributed by atoms with E-state index in [0.29, 0.717) is 13.1 Å². The number of nitrogens with zero attached hydrogens (tertiary/aromatic N) is 1. The van der Waals surface area contributed by atoms with E-state index in [1.807, 2.05) is 27.7 Å². The number of hydrogen-bond acceptors (Lipinski definition) is 4. The minimum Gasteiger partial charge on any atom is -0.406 e. The van der Waals surface area contributed by atoms with Gasteiger partial charge in [0.2, 0.25) is 5.91 Å². The molecule has 26 heavy (non-hydrogen) atoms. The van der Waals surface area contributed by atoms with Crippen molar-refractivity contribution < 1.29 is 27.4 Å². The molecule has 0 radical (unpaired) electrons. The Bertz CT molecular complexity index is 612. The summed E-state index contributed by atoms with van der Waals surface area (Å²) >= 11 is 0. The van der Waals surface area contributed by atoms with Crippen LogP contribution in [0.3, 0.4) is 0 Å². The molecule has 1 heterocycles. The van der Waals surface area contributed by atoms with Crippen LogP contribution in [0.5, 0.6) is 5.75 Å². The quantitative estimate of drug-likeness (QED) is 0.855. The number of rotatable bonds is 5. The molecule has 1 aromatic rings. The molecule has 1 N–H and O–H groups in total. The number of carbonyl (C=O) groups is 1. The summed E-state index contributed by atoms with van der Waals surface area (Å²) in [5.74, 6) is -0.599. The van der Waals surface area contributed by atoms with Crippen molar-refractivity contribution in [1.82, 2.24) is 4.90 Å². The lowest BCUT2D eigenvalue weighted by molar-refractivity contribution is -0.274. The second-order valence-electron chi connectivity index (χ2n) is 6.96. The first-order chi connectivity index (χ1) is 12.0. The third-order valence-corrected chi connectivity index (χ3v) is 4.08. The molecule has 0 spiro atoms. The average molecular weight is 374 g/mol. The zero-order valence-electron chi connectivity index (χ0n) is 15.3. The van der Waals surface area contributed by atoms with E-state index in [1.54, 1.807) is 0 Å². The molecule has 2 rings (SSSR count). The van der Waals surface area contributed by atoms with Crippen molar-refractivity contribution in [3.63, 3.8) is 0 Å². The summed E-state index contributed by atoms with van der Waals surface area (Å²) in [6.45, 7) is 9.04. The third-order valence-electron chi connectivity index (χ3n) is 4.08. The second kappa shape index (κ2) is 8.26. The Morgan fingerprint density at radius 1 is 1.27 bits per heavy atom. The van der Waals surface area contributed by atoms with Gasteiger partial charge in [0.15, 0.2) is 0 Å². The molecule has 1 fully saturated rings. The Balaban J connectivity index is 2.11. The molecule has 1 aliphatic rings. The van der Waals surface area contributed by atoms with Gasteiger partial charge in [-0.05, 0) is 31.9 Å². The van der Waals surface area contributed by atoms with Crippen molar-refractivity contribution in [2.45, 2.75) is 52.3 Å². The first kappa shape index (κ1) is 20.5. The van der Waals surface area contributed by atoms with Crippen molar-refractivity contribution in [3.8, 4) is 5.75 Å². The van der Waals surface area contributed by atoms with Gasteiger partial charge in [0.25, 0.3) is 0 Å². The largest absolute Gasteiger partial charge is 0.573 e. The molecule has 3 unspecified atom stereocenters. The summed E-state index contributed by atoms with van der Waals surface area (Å²) in [6, 6.07) is 4.88. The number of alkyl halides is 3. The number of amides is 1. The van der Waals surface area contributed by atoms with Crippen molar-refractivity contribution in [1.29, 1.82) is 0 Å². The van der Waals surface area contributed by atoms with E-state index in [1.165, 1.54) is 18.2 Å². The second-order valence-corrected chi connectivity index (χ2v) is 6.96. The minimum absolute atomic E-state index is 0.0105. The highest BCUT2D eigenvalue weighted by atomic mass is 19.4. The number of carbonyl (C=O) groups excluding carboxylic acids is 1. The summed E-state index contributed by atoms with van der Waals surface area (Å²) in [5.41, 5.74) is 0.261. The van der Waals surface area contributed by atoms with Crippen LogP contribution in [0.2, 0.25) is 0 Å².